The Morgan fingerprint density at radius 3 is 2.70 bits per heavy atom. The Morgan fingerprint density at radius 1 is 1.30 bits per heavy atom. The van der Waals surface area contributed by atoms with Crippen molar-refractivity contribution in [1.82, 2.24) is 5.32 Å². The Morgan fingerprint density at radius 2 is 2.04 bits per heavy atom. The number of hydrogen-bond donors (Lipinski definition) is 2. The van der Waals surface area contributed by atoms with Crippen molar-refractivity contribution in [2.24, 2.45) is 0 Å². The number of benzene rings is 1. The highest BCUT2D eigenvalue weighted by Gasteiger charge is 2.32. The highest BCUT2D eigenvalue weighted by atomic mass is 16.5. The summed E-state index contributed by atoms with van der Waals surface area (Å²) in [6.07, 6.45) is 0.980. The highest BCUT2D eigenvalue weighted by molar-refractivity contribution is 5.78. The second kappa shape index (κ2) is 8.64. The standard InChI is InChI=1S/C17H23NO5/c1-22-17(21)10-13-7-8-14(15(11-19)23-13)18-16(20)9-12-5-3-2-4-6-12/h2-6,13-15,19H,7-11H2,1H3,(H,18,20)/t13-,14+,15-/m1/s1. The minimum Gasteiger partial charge on any atom is -0.469 e. The molecule has 23 heavy (non-hydrogen) atoms. The number of hydrogen-bond acceptors (Lipinski definition) is 5. The van der Waals surface area contributed by atoms with Crippen LogP contribution in [0.2, 0.25) is 0 Å². The number of rotatable bonds is 6. The summed E-state index contributed by atoms with van der Waals surface area (Å²) < 4.78 is 10.3. The maximum absolute atomic E-state index is 12.1. The average Bonchev–Trinajstić information content (AvgIpc) is 2.56. The van der Waals surface area contributed by atoms with Crippen LogP contribution in [-0.4, -0.2) is 48.9 Å². The first kappa shape index (κ1) is 17.4. The minimum absolute atomic E-state index is 0.102. The summed E-state index contributed by atoms with van der Waals surface area (Å²) in [6, 6.07) is 9.23. The Kier molecular flexibility index (Phi) is 6.55. The summed E-state index contributed by atoms with van der Waals surface area (Å²) in [7, 11) is 1.33. The van der Waals surface area contributed by atoms with Crippen molar-refractivity contribution in [3.63, 3.8) is 0 Å². The van der Waals surface area contributed by atoms with E-state index in [-0.39, 0.29) is 37.0 Å². The fraction of sp³-hybridized carbons (Fsp3) is 0.529. The molecule has 2 N–H and O–H groups in total. The van der Waals surface area contributed by atoms with E-state index in [1.807, 2.05) is 30.3 Å². The third kappa shape index (κ3) is 5.33. The lowest BCUT2D eigenvalue weighted by Gasteiger charge is -2.35. The molecule has 0 bridgehead atoms. The number of nitrogens with one attached hydrogen (secondary N) is 1. The smallest absolute Gasteiger partial charge is 0.308 e. The van der Waals surface area contributed by atoms with Crippen LogP contribution in [0, 0.1) is 0 Å². The van der Waals surface area contributed by atoms with E-state index in [1.165, 1.54) is 7.11 Å². The predicted octanol–water partition coefficient (Wildman–Crippen LogP) is 0.817. The molecule has 0 radical (unpaired) electrons. The fourth-order valence-electron chi connectivity index (χ4n) is 2.76. The first-order chi connectivity index (χ1) is 11.1. The fourth-order valence-corrected chi connectivity index (χ4v) is 2.76. The summed E-state index contributed by atoms with van der Waals surface area (Å²) in [4.78, 5) is 23.4. The number of methoxy groups -OCH3 is 1. The molecule has 1 aromatic carbocycles. The van der Waals surface area contributed by atoms with Gasteiger partial charge < -0.3 is 19.9 Å². The molecule has 1 saturated heterocycles. The quantitative estimate of drug-likeness (QED) is 0.758. The minimum atomic E-state index is -0.502. The van der Waals surface area contributed by atoms with Crippen LogP contribution >= 0.6 is 0 Å². The van der Waals surface area contributed by atoms with Crippen molar-refractivity contribution < 1.29 is 24.2 Å². The van der Waals surface area contributed by atoms with Crippen molar-refractivity contribution in [1.29, 1.82) is 0 Å². The van der Waals surface area contributed by atoms with Gasteiger partial charge in [-0.15, -0.1) is 0 Å². The molecular weight excluding hydrogens is 298 g/mol. The number of esters is 1. The molecule has 1 aromatic rings. The zero-order chi connectivity index (χ0) is 16.7. The molecular formula is C17H23NO5. The van der Waals surface area contributed by atoms with Crippen LogP contribution in [0.15, 0.2) is 30.3 Å². The number of carbonyl (C=O) groups excluding carboxylic acids is 2. The summed E-state index contributed by atoms with van der Waals surface area (Å²) >= 11 is 0. The van der Waals surface area contributed by atoms with Crippen LogP contribution in [0.4, 0.5) is 0 Å². The molecule has 0 aromatic heterocycles. The van der Waals surface area contributed by atoms with Gasteiger partial charge >= 0.3 is 5.97 Å². The molecule has 6 heteroatoms. The molecule has 2 rings (SSSR count). The topological polar surface area (TPSA) is 84.9 Å². The van der Waals surface area contributed by atoms with Gasteiger partial charge in [-0.05, 0) is 18.4 Å². The third-order valence-electron chi connectivity index (χ3n) is 3.97. The van der Waals surface area contributed by atoms with Crippen molar-refractivity contribution in [3.8, 4) is 0 Å². The van der Waals surface area contributed by atoms with Gasteiger partial charge in [0, 0.05) is 0 Å². The zero-order valence-corrected chi connectivity index (χ0v) is 13.2. The molecule has 1 aliphatic rings. The number of aliphatic hydroxyl groups is 1. The Hall–Kier alpha value is -1.92. The molecule has 6 nitrogen and oxygen atoms in total. The molecule has 0 saturated carbocycles. The maximum atomic E-state index is 12.1. The predicted molar refractivity (Wildman–Crippen MR) is 83.7 cm³/mol. The largest absolute Gasteiger partial charge is 0.469 e. The Bertz CT molecular complexity index is 519. The van der Waals surface area contributed by atoms with E-state index in [0.717, 1.165) is 5.56 Å². The van der Waals surface area contributed by atoms with Gasteiger partial charge in [0.15, 0.2) is 0 Å². The van der Waals surface area contributed by atoms with Gasteiger partial charge in [-0.2, -0.15) is 0 Å². The lowest BCUT2D eigenvalue weighted by molar-refractivity contribution is -0.150. The van der Waals surface area contributed by atoms with Crippen LogP contribution in [0.3, 0.4) is 0 Å². The summed E-state index contributed by atoms with van der Waals surface area (Å²) in [5.74, 6) is -0.437. The molecule has 126 valence electrons. The van der Waals surface area contributed by atoms with E-state index < -0.39 is 6.10 Å². The van der Waals surface area contributed by atoms with E-state index in [4.69, 9.17) is 4.74 Å². The average molecular weight is 321 g/mol. The van der Waals surface area contributed by atoms with Crippen LogP contribution in [0.1, 0.15) is 24.8 Å². The van der Waals surface area contributed by atoms with Crippen molar-refractivity contribution in [2.45, 2.75) is 43.9 Å². The van der Waals surface area contributed by atoms with Crippen molar-refractivity contribution >= 4 is 11.9 Å². The van der Waals surface area contributed by atoms with Gasteiger partial charge in [0.1, 0.15) is 6.10 Å². The van der Waals surface area contributed by atoms with E-state index in [0.29, 0.717) is 19.3 Å². The van der Waals surface area contributed by atoms with Gasteiger partial charge in [0.25, 0.3) is 0 Å². The monoisotopic (exact) mass is 321 g/mol. The zero-order valence-electron chi connectivity index (χ0n) is 13.2. The molecule has 0 aliphatic carbocycles. The highest BCUT2D eigenvalue weighted by Crippen LogP contribution is 2.22. The number of carbonyl (C=O) groups is 2. The van der Waals surface area contributed by atoms with Crippen LogP contribution in [-0.2, 0) is 25.5 Å². The van der Waals surface area contributed by atoms with Gasteiger partial charge in [-0.25, -0.2) is 0 Å². The van der Waals surface area contributed by atoms with Crippen molar-refractivity contribution in [3.05, 3.63) is 35.9 Å². The maximum Gasteiger partial charge on any atom is 0.308 e. The second-order valence-electron chi connectivity index (χ2n) is 5.67. The lowest BCUT2D eigenvalue weighted by atomic mass is 9.97. The molecule has 1 fully saturated rings. The van der Waals surface area contributed by atoms with Crippen LogP contribution in [0.5, 0.6) is 0 Å². The normalized spacial score (nSPS) is 24.0. The Balaban J connectivity index is 1.85. The molecule has 1 aliphatic heterocycles. The van der Waals surface area contributed by atoms with E-state index in [1.54, 1.807) is 0 Å². The van der Waals surface area contributed by atoms with E-state index in [9.17, 15) is 14.7 Å². The summed E-state index contributed by atoms with van der Waals surface area (Å²) in [5, 5.41) is 12.4. The first-order valence-electron chi connectivity index (χ1n) is 7.78. The molecule has 0 unspecified atom stereocenters. The van der Waals surface area contributed by atoms with E-state index in [2.05, 4.69) is 10.1 Å². The van der Waals surface area contributed by atoms with Gasteiger partial charge in [0.05, 0.1) is 38.7 Å². The molecule has 3 atom stereocenters. The molecule has 1 amide bonds. The van der Waals surface area contributed by atoms with Crippen LogP contribution in [0.25, 0.3) is 0 Å². The third-order valence-corrected chi connectivity index (χ3v) is 3.97. The lowest BCUT2D eigenvalue weighted by Crippen LogP contribution is -2.51. The Labute approximate surface area is 135 Å². The van der Waals surface area contributed by atoms with Gasteiger partial charge in [0.2, 0.25) is 5.91 Å². The SMILES string of the molecule is COC(=O)C[C@H]1CC[C@H](NC(=O)Cc2ccccc2)[C@@H](CO)O1. The number of ether oxygens (including phenoxy) is 2. The van der Waals surface area contributed by atoms with Gasteiger partial charge in [-0.1, -0.05) is 30.3 Å². The number of amides is 1. The summed E-state index contributed by atoms with van der Waals surface area (Å²) in [6.45, 7) is -0.200. The van der Waals surface area contributed by atoms with Crippen molar-refractivity contribution in [2.75, 3.05) is 13.7 Å². The van der Waals surface area contributed by atoms with Crippen LogP contribution < -0.4 is 5.32 Å². The second-order valence-corrected chi connectivity index (χ2v) is 5.67. The summed E-state index contributed by atoms with van der Waals surface area (Å²) in [5.41, 5.74) is 0.936. The number of aliphatic hydroxyl groups excluding tert-OH is 1. The van der Waals surface area contributed by atoms with E-state index >= 15 is 0 Å². The van der Waals surface area contributed by atoms with Gasteiger partial charge in [-0.3, -0.25) is 9.59 Å². The molecule has 1 heterocycles. The first-order valence-corrected chi connectivity index (χ1v) is 7.78. The molecule has 0 spiro atoms.